The third-order valence-electron chi connectivity index (χ3n) is 4.31. The minimum atomic E-state index is -0.282. The SMILES string of the molecule is Fc1cccc(-c2nc(-c3ccccc3)cc(N3CCNCC3)n2)c1. The molecule has 0 radical (unpaired) electrons. The summed E-state index contributed by atoms with van der Waals surface area (Å²) in [6.45, 7) is 3.65. The number of piperazine rings is 1. The van der Waals surface area contributed by atoms with E-state index >= 15 is 0 Å². The second kappa shape index (κ2) is 6.99. The predicted octanol–water partition coefficient (Wildman–Crippen LogP) is 3.36. The molecule has 1 N–H and O–H groups in total. The summed E-state index contributed by atoms with van der Waals surface area (Å²) < 4.78 is 13.7. The number of benzene rings is 2. The van der Waals surface area contributed by atoms with Crippen LogP contribution in [0.15, 0.2) is 60.7 Å². The average molecular weight is 334 g/mol. The zero-order chi connectivity index (χ0) is 17.1. The summed E-state index contributed by atoms with van der Waals surface area (Å²) >= 11 is 0. The molecule has 0 spiro atoms. The van der Waals surface area contributed by atoms with Gasteiger partial charge in [-0.1, -0.05) is 42.5 Å². The minimum Gasteiger partial charge on any atom is -0.354 e. The monoisotopic (exact) mass is 334 g/mol. The molecular weight excluding hydrogens is 315 g/mol. The number of anilines is 1. The van der Waals surface area contributed by atoms with E-state index in [1.165, 1.54) is 12.1 Å². The predicted molar refractivity (Wildman–Crippen MR) is 97.9 cm³/mol. The molecule has 126 valence electrons. The molecule has 4 nitrogen and oxygen atoms in total. The molecule has 1 saturated heterocycles. The zero-order valence-electron chi connectivity index (χ0n) is 13.8. The number of rotatable bonds is 3. The van der Waals surface area contributed by atoms with E-state index in [0.717, 1.165) is 43.3 Å². The number of nitrogens with zero attached hydrogens (tertiary/aromatic N) is 3. The molecule has 25 heavy (non-hydrogen) atoms. The Morgan fingerprint density at radius 3 is 2.36 bits per heavy atom. The van der Waals surface area contributed by atoms with Gasteiger partial charge in [0.25, 0.3) is 0 Å². The summed E-state index contributed by atoms with van der Waals surface area (Å²) in [6, 6.07) is 18.5. The van der Waals surface area contributed by atoms with E-state index in [9.17, 15) is 4.39 Å². The van der Waals surface area contributed by atoms with Crippen LogP contribution in [0.4, 0.5) is 10.2 Å². The van der Waals surface area contributed by atoms with Gasteiger partial charge < -0.3 is 10.2 Å². The standard InChI is InChI=1S/C20H19FN4/c21-17-8-4-7-16(13-17)20-23-18(15-5-2-1-3-6-15)14-19(24-20)25-11-9-22-10-12-25/h1-8,13-14,22H,9-12H2. The molecule has 1 aliphatic heterocycles. The van der Waals surface area contributed by atoms with Crippen molar-refractivity contribution in [2.45, 2.75) is 0 Å². The number of halogens is 1. The Labute approximate surface area is 146 Å². The third kappa shape index (κ3) is 3.51. The molecule has 1 aliphatic rings. The van der Waals surface area contributed by atoms with Crippen LogP contribution >= 0.6 is 0 Å². The highest BCUT2D eigenvalue weighted by Gasteiger charge is 2.16. The highest BCUT2D eigenvalue weighted by molar-refractivity contribution is 5.68. The number of nitrogens with one attached hydrogen (secondary N) is 1. The third-order valence-corrected chi connectivity index (χ3v) is 4.31. The second-order valence-corrected chi connectivity index (χ2v) is 6.05. The first-order chi connectivity index (χ1) is 12.3. The highest BCUT2D eigenvalue weighted by Crippen LogP contribution is 2.26. The van der Waals surface area contributed by atoms with E-state index < -0.39 is 0 Å². The lowest BCUT2D eigenvalue weighted by Gasteiger charge is -2.29. The van der Waals surface area contributed by atoms with E-state index in [-0.39, 0.29) is 5.82 Å². The smallest absolute Gasteiger partial charge is 0.162 e. The minimum absolute atomic E-state index is 0.282. The van der Waals surface area contributed by atoms with Gasteiger partial charge in [-0.3, -0.25) is 0 Å². The van der Waals surface area contributed by atoms with Crippen LogP contribution in [-0.4, -0.2) is 36.1 Å². The van der Waals surface area contributed by atoms with E-state index in [4.69, 9.17) is 4.98 Å². The molecule has 1 fully saturated rings. The van der Waals surface area contributed by atoms with Gasteiger partial charge in [-0.2, -0.15) is 0 Å². The van der Waals surface area contributed by atoms with E-state index in [2.05, 4.69) is 15.2 Å². The largest absolute Gasteiger partial charge is 0.354 e. The van der Waals surface area contributed by atoms with Crippen LogP contribution < -0.4 is 10.2 Å². The molecule has 0 aliphatic carbocycles. The summed E-state index contributed by atoms with van der Waals surface area (Å²) in [5.41, 5.74) is 2.57. The van der Waals surface area contributed by atoms with Gasteiger partial charge in [0, 0.05) is 43.4 Å². The fourth-order valence-corrected chi connectivity index (χ4v) is 3.00. The van der Waals surface area contributed by atoms with Crippen LogP contribution in [0.1, 0.15) is 0 Å². The molecule has 4 rings (SSSR count). The molecule has 5 heteroatoms. The van der Waals surface area contributed by atoms with Gasteiger partial charge in [-0.15, -0.1) is 0 Å². The van der Waals surface area contributed by atoms with Crippen LogP contribution in [0, 0.1) is 5.82 Å². The van der Waals surface area contributed by atoms with Crippen molar-refractivity contribution in [2.24, 2.45) is 0 Å². The van der Waals surface area contributed by atoms with Crippen molar-refractivity contribution in [1.82, 2.24) is 15.3 Å². The van der Waals surface area contributed by atoms with Gasteiger partial charge in [0.1, 0.15) is 11.6 Å². The van der Waals surface area contributed by atoms with Crippen molar-refractivity contribution in [3.8, 4) is 22.6 Å². The molecule has 0 bridgehead atoms. The van der Waals surface area contributed by atoms with Crippen LogP contribution in [0.5, 0.6) is 0 Å². The van der Waals surface area contributed by atoms with Crippen LogP contribution in [-0.2, 0) is 0 Å². The van der Waals surface area contributed by atoms with Gasteiger partial charge in [0.05, 0.1) is 5.69 Å². The van der Waals surface area contributed by atoms with Gasteiger partial charge in [0.2, 0.25) is 0 Å². The summed E-state index contributed by atoms with van der Waals surface area (Å²) in [4.78, 5) is 11.6. The van der Waals surface area contributed by atoms with Gasteiger partial charge in [-0.25, -0.2) is 14.4 Å². The highest BCUT2D eigenvalue weighted by atomic mass is 19.1. The van der Waals surface area contributed by atoms with E-state index in [0.29, 0.717) is 11.4 Å². The number of hydrogen-bond acceptors (Lipinski definition) is 4. The Morgan fingerprint density at radius 1 is 0.840 bits per heavy atom. The molecular formula is C20H19FN4. The van der Waals surface area contributed by atoms with Crippen molar-refractivity contribution < 1.29 is 4.39 Å². The van der Waals surface area contributed by atoms with Crippen LogP contribution in [0.3, 0.4) is 0 Å². The van der Waals surface area contributed by atoms with Gasteiger partial charge >= 0.3 is 0 Å². The topological polar surface area (TPSA) is 41.1 Å². The van der Waals surface area contributed by atoms with Crippen molar-refractivity contribution in [3.05, 3.63) is 66.5 Å². The Balaban J connectivity index is 1.82. The lowest BCUT2D eigenvalue weighted by molar-refractivity contribution is 0.585. The Hall–Kier alpha value is -2.79. The Kier molecular flexibility index (Phi) is 4.39. The lowest BCUT2D eigenvalue weighted by Crippen LogP contribution is -2.44. The van der Waals surface area contributed by atoms with E-state index in [1.54, 1.807) is 6.07 Å². The summed E-state index contributed by atoms with van der Waals surface area (Å²) in [5, 5.41) is 3.35. The number of aromatic nitrogens is 2. The second-order valence-electron chi connectivity index (χ2n) is 6.05. The Bertz CT molecular complexity index is 861. The molecule has 0 amide bonds. The normalized spacial score (nSPS) is 14.5. The molecule has 0 saturated carbocycles. The van der Waals surface area contributed by atoms with Crippen molar-refractivity contribution >= 4 is 5.82 Å². The van der Waals surface area contributed by atoms with E-state index in [1.807, 2.05) is 42.5 Å². The molecule has 1 aromatic heterocycles. The average Bonchev–Trinajstić information content (AvgIpc) is 2.69. The van der Waals surface area contributed by atoms with Crippen LogP contribution in [0.25, 0.3) is 22.6 Å². The summed E-state index contributed by atoms with van der Waals surface area (Å²) in [6.07, 6.45) is 0. The maximum absolute atomic E-state index is 13.7. The van der Waals surface area contributed by atoms with Crippen molar-refractivity contribution in [2.75, 3.05) is 31.1 Å². The lowest BCUT2D eigenvalue weighted by atomic mass is 10.1. The maximum atomic E-state index is 13.7. The first-order valence-electron chi connectivity index (χ1n) is 8.46. The fourth-order valence-electron chi connectivity index (χ4n) is 3.00. The quantitative estimate of drug-likeness (QED) is 0.797. The molecule has 0 unspecified atom stereocenters. The molecule has 2 heterocycles. The summed E-state index contributed by atoms with van der Waals surface area (Å²) in [5.74, 6) is 1.15. The first kappa shape index (κ1) is 15.7. The van der Waals surface area contributed by atoms with Crippen molar-refractivity contribution in [1.29, 1.82) is 0 Å². The zero-order valence-corrected chi connectivity index (χ0v) is 13.8. The summed E-state index contributed by atoms with van der Waals surface area (Å²) in [7, 11) is 0. The fraction of sp³-hybridized carbons (Fsp3) is 0.200. The van der Waals surface area contributed by atoms with Gasteiger partial charge in [0.15, 0.2) is 5.82 Å². The first-order valence-corrected chi connectivity index (χ1v) is 8.46. The van der Waals surface area contributed by atoms with Crippen molar-refractivity contribution in [3.63, 3.8) is 0 Å². The molecule has 2 aromatic carbocycles. The Morgan fingerprint density at radius 2 is 1.60 bits per heavy atom. The number of hydrogen-bond donors (Lipinski definition) is 1. The van der Waals surface area contributed by atoms with Gasteiger partial charge in [-0.05, 0) is 12.1 Å². The molecule has 3 aromatic rings. The maximum Gasteiger partial charge on any atom is 0.162 e. The van der Waals surface area contributed by atoms with Crippen LogP contribution in [0.2, 0.25) is 0 Å². The molecule has 0 atom stereocenters.